The Morgan fingerprint density at radius 3 is 2.00 bits per heavy atom. The number of amides is 2. The van der Waals surface area contributed by atoms with Crippen LogP contribution < -0.4 is 0 Å². The molecular weight excluding hydrogens is 246 g/mol. The molecule has 0 radical (unpaired) electrons. The van der Waals surface area contributed by atoms with Crippen LogP contribution in [0.2, 0.25) is 0 Å². The maximum absolute atomic E-state index is 11.3. The third kappa shape index (κ3) is 2.68. The van der Waals surface area contributed by atoms with Crippen molar-refractivity contribution < 1.29 is 34.8 Å². The van der Waals surface area contributed by atoms with Gasteiger partial charge in [-0.2, -0.15) is 0 Å². The highest BCUT2D eigenvalue weighted by atomic mass is 16.6. The minimum Gasteiger partial charge on any atom is -0.394 e. The minimum atomic E-state index is -1.67. The number of rotatable bonds is 2. The normalized spacial score (nSPS) is 36.2. The molecule has 0 aliphatic carbocycles. The van der Waals surface area contributed by atoms with E-state index in [1.807, 2.05) is 0 Å². The molecule has 8 heteroatoms. The van der Waals surface area contributed by atoms with E-state index in [2.05, 4.69) is 0 Å². The molecule has 1 aliphatic rings. The lowest BCUT2D eigenvalue weighted by atomic mass is 9.95. The first-order valence-corrected chi connectivity index (χ1v) is 5.42. The molecule has 1 heterocycles. The van der Waals surface area contributed by atoms with Crippen molar-refractivity contribution in [1.29, 1.82) is 0 Å². The highest BCUT2D eigenvalue weighted by molar-refractivity contribution is 5.93. The number of aliphatic hydroxyl groups excluding tert-OH is 4. The summed E-state index contributed by atoms with van der Waals surface area (Å²) < 4.78 is 4.86. The minimum absolute atomic E-state index is 0.609. The molecule has 0 aromatic rings. The van der Waals surface area contributed by atoms with Crippen molar-refractivity contribution in [2.45, 2.75) is 44.5 Å². The molecule has 1 saturated heterocycles. The summed E-state index contributed by atoms with van der Waals surface area (Å²) in [4.78, 5) is 23.3. The van der Waals surface area contributed by atoms with Gasteiger partial charge in [0.25, 0.3) is 0 Å². The summed E-state index contributed by atoms with van der Waals surface area (Å²) in [6.07, 6.45) is -5.95. The van der Waals surface area contributed by atoms with Crippen LogP contribution in [0.4, 0.5) is 0 Å². The molecular formula is C10H17NO7. The largest absolute Gasteiger partial charge is 0.394 e. The standard InChI is InChI=1S/C10H17NO7/c1-4(13)11(5(2)14)7-9(16)8(15)6(3-12)18-10(7)17/h6-10,12,15-17H,3H2,1-2H3/t6-,7-,8-,9-,10+/m1/s1. The van der Waals surface area contributed by atoms with Crippen molar-refractivity contribution in [3.8, 4) is 0 Å². The van der Waals surface area contributed by atoms with E-state index in [1.54, 1.807) is 0 Å². The molecule has 1 aliphatic heterocycles. The van der Waals surface area contributed by atoms with Gasteiger partial charge in [-0.25, -0.2) is 0 Å². The number of imide groups is 1. The third-order valence-electron chi connectivity index (χ3n) is 2.84. The summed E-state index contributed by atoms with van der Waals surface area (Å²) in [5, 5.41) is 38.0. The van der Waals surface area contributed by atoms with Crippen LogP contribution in [-0.4, -0.2) is 74.4 Å². The molecule has 0 unspecified atom stereocenters. The zero-order valence-electron chi connectivity index (χ0n) is 10.1. The van der Waals surface area contributed by atoms with Gasteiger partial charge in [-0.15, -0.1) is 0 Å². The molecule has 0 aromatic heterocycles. The fraction of sp³-hybridized carbons (Fsp3) is 0.800. The quantitative estimate of drug-likeness (QED) is 0.423. The van der Waals surface area contributed by atoms with Crippen LogP contribution in [-0.2, 0) is 14.3 Å². The third-order valence-corrected chi connectivity index (χ3v) is 2.84. The second kappa shape index (κ2) is 5.72. The van der Waals surface area contributed by atoms with Crippen molar-refractivity contribution in [3.63, 3.8) is 0 Å². The Bertz CT molecular complexity index is 320. The van der Waals surface area contributed by atoms with E-state index in [-0.39, 0.29) is 0 Å². The molecule has 1 rings (SSSR count). The summed E-state index contributed by atoms with van der Waals surface area (Å²) in [6, 6.07) is -1.40. The van der Waals surface area contributed by atoms with E-state index in [9.17, 15) is 24.9 Å². The van der Waals surface area contributed by atoms with Gasteiger partial charge in [-0.1, -0.05) is 0 Å². The SMILES string of the molecule is CC(=O)N(C(C)=O)[C@@H]1[C@@H](O)[C@H](O)[C@@H](CO)O[C@@H]1O. The topological polar surface area (TPSA) is 128 Å². The maximum atomic E-state index is 11.3. The van der Waals surface area contributed by atoms with Crippen molar-refractivity contribution in [2.75, 3.05) is 6.61 Å². The molecule has 18 heavy (non-hydrogen) atoms. The van der Waals surface area contributed by atoms with Crippen LogP contribution in [0.3, 0.4) is 0 Å². The van der Waals surface area contributed by atoms with E-state index < -0.39 is 49.1 Å². The van der Waals surface area contributed by atoms with Gasteiger partial charge in [0.2, 0.25) is 11.8 Å². The molecule has 4 N–H and O–H groups in total. The Labute approximate surface area is 103 Å². The lowest BCUT2D eigenvalue weighted by molar-refractivity contribution is -0.268. The number of hydrogen-bond donors (Lipinski definition) is 4. The first kappa shape index (κ1) is 15.0. The maximum Gasteiger partial charge on any atom is 0.226 e. The lowest BCUT2D eigenvalue weighted by Gasteiger charge is -2.43. The van der Waals surface area contributed by atoms with E-state index >= 15 is 0 Å². The zero-order chi connectivity index (χ0) is 14.0. The van der Waals surface area contributed by atoms with Gasteiger partial charge in [0.1, 0.15) is 24.4 Å². The molecule has 0 spiro atoms. The molecule has 2 amide bonds. The second-order valence-electron chi connectivity index (χ2n) is 4.13. The number of carbonyl (C=O) groups is 2. The Balaban J connectivity index is 3.00. The predicted octanol–water partition coefficient (Wildman–Crippen LogP) is -2.82. The van der Waals surface area contributed by atoms with Gasteiger partial charge >= 0.3 is 0 Å². The smallest absolute Gasteiger partial charge is 0.226 e. The van der Waals surface area contributed by atoms with Crippen LogP contribution in [0, 0.1) is 0 Å². The van der Waals surface area contributed by atoms with Crippen LogP contribution in [0.1, 0.15) is 13.8 Å². The van der Waals surface area contributed by atoms with Gasteiger partial charge in [-0.3, -0.25) is 14.5 Å². The van der Waals surface area contributed by atoms with Crippen molar-refractivity contribution in [2.24, 2.45) is 0 Å². The summed E-state index contributed by atoms with van der Waals surface area (Å²) in [5.41, 5.74) is 0. The Morgan fingerprint density at radius 2 is 1.61 bits per heavy atom. The van der Waals surface area contributed by atoms with E-state index in [1.165, 1.54) is 0 Å². The molecule has 0 aromatic carbocycles. The average Bonchev–Trinajstić information content (AvgIpc) is 2.27. The summed E-state index contributed by atoms with van der Waals surface area (Å²) in [7, 11) is 0. The van der Waals surface area contributed by atoms with Gasteiger partial charge in [-0.05, 0) is 0 Å². The first-order valence-electron chi connectivity index (χ1n) is 5.42. The zero-order valence-corrected chi connectivity index (χ0v) is 10.1. The highest BCUT2D eigenvalue weighted by Gasteiger charge is 2.48. The molecule has 0 bridgehead atoms. The monoisotopic (exact) mass is 263 g/mol. The molecule has 0 saturated carbocycles. The van der Waals surface area contributed by atoms with Gasteiger partial charge < -0.3 is 25.2 Å². The summed E-state index contributed by atoms with van der Waals surface area (Å²) >= 11 is 0. The van der Waals surface area contributed by atoms with Crippen LogP contribution in [0.5, 0.6) is 0 Å². The number of hydrogen-bond acceptors (Lipinski definition) is 7. The van der Waals surface area contributed by atoms with Crippen molar-refractivity contribution in [1.82, 2.24) is 4.90 Å². The van der Waals surface area contributed by atoms with E-state index in [0.29, 0.717) is 4.90 Å². The summed E-state index contributed by atoms with van der Waals surface area (Å²) in [5.74, 6) is -1.38. The Hall–Kier alpha value is -1.06. The fourth-order valence-electron chi connectivity index (χ4n) is 2.00. The number of carbonyl (C=O) groups excluding carboxylic acids is 2. The van der Waals surface area contributed by atoms with Gasteiger partial charge in [0.05, 0.1) is 6.61 Å². The molecule has 8 nitrogen and oxygen atoms in total. The fourth-order valence-corrected chi connectivity index (χ4v) is 2.00. The molecule has 104 valence electrons. The number of nitrogens with zero attached hydrogens (tertiary/aromatic N) is 1. The van der Waals surface area contributed by atoms with Crippen LogP contribution in [0.15, 0.2) is 0 Å². The first-order chi connectivity index (χ1) is 8.31. The van der Waals surface area contributed by atoms with Crippen molar-refractivity contribution >= 4 is 11.8 Å². The highest BCUT2D eigenvalue weighted by Crippen LogP contribution is 2.24. The summed E-state index contributed by atoms with van der Waals surface area (Å²) in [6.45, 7) is 1.57. The van der Waals surface area contributed by atoms with Gasteiger partial charge in [0.15, 0.2) is 6.29 Å². The number of ether oxygens (including phenoxy) is 1. The van der Waals surface area contributed by atoms with Gasteiger partial charge in [0, 0.05) is 13.8 Å². The van der Waals surface area contributed by atoms with E-state index in [0.717, 1.165) is 13.8 Å². The molecule has 5 atom stereocenters. The van der Waals surface area contributed by atoms with Crippen LogP contribution in [0.25, 0.3) is 0 Å². The Kier molecular flexibility index (Phi) is 4.77. The second-order valence-corrected chi connectivity index (χ2v) is 4.13. The van der Waals surface area contributed by atoms with Crippen LogP contribution >= 0.6 is 0 Å². The molecule has 1 fully saturated rings. The van der Waals surface area contributed by atoms with Crippen molar-refractivity contribution in [3.05, 3.63) is 0 Å². The Morgan fingerprint density at radius 1 is 1.11 bits per heavy atom. The predicted molar refractivity (Wildman–Crippen MR) is 57.0 cm³/mol. The number of aliphatic hydroxyl groups is 4. The van der Waals surface area contributed by atoms with E-state index in [4.69, 9.17) is 9.84 Å². The average molecular weight is 263 g/mol. The lowest BCUT2D eigenvalue weighted by Crippen LogP contribution is -2.65.